The molecule has 0 radical (unpaired) electrons. The van der Waals surface area contributed by atoms with Crippen molar-refractivity contribution in [3.63, 3.8) is 0 Å². The van der Waals surface area contributed by atoms with Crippen LogP contribution in [0.25, 0.3) is 0 Å². The molecule has 0 spiro atoms. The molecule has 0 bridgehead atoms. The molecule has 0 aromatic rings. The third-order valence-electron chi connectivity index (χ3n) is 1.79. The van der Waals surface area contributed by atoms with Crippen molar-refractivity contribution in [2.45, 2.75) is 32.0 Å². The highest BCUT2D eigenvalue weighted by Crippen LogP contribution is 2.22. The van der Waals surface area contributed by atoms with Crippen molar-refractivity contribution in [3.05, 3.63) is 0 Å². The van der Waals surface area contributed by atoms with Crippen molar-refractivity contribution in [1.82, 2.24) is 0 Å². The number of rotatable bonds is 2. The van der Waals surface area contributed by atoms with Gasteiger partial charge in [0.2, 0.25) is 0 Å². The normalized spacial score (nSPS) is 22.5. The molecule has 3 nitrogen and oxygen atoms in total. The Balaban J connectivity index is 2.32. The number of nitriles is 1. The van der Waals surface area contributed by atoms with Gasteiger partial charge in [-0.2, -0.15) is 5.26 Å². The first-order valence-corrected chi connectivity index (χ1v) is 3.92. The van der Waals surface area contributed by atoms with Gasteiger partial charge in [-0.25, -0.2) is 0 Å². The Morgan fingerprint density at radius 2 is 2.09 bits per heavy atom. The van der Waals surface area contributed by atoms with Gasteiger partial charge in [0.15, 0.2) is 5.79 Å². The number of hydrogen-bond acceptors (Lipinski definition) is 3. The zero-order valence-corrected chi connectivity index (χ0v) is 6.80. The van der Waals surface area contributed by atoms with E-state index in [1.54, 1.807) is 0 Å². The van der Waals surface area contributed by atoms with Crippen LogP contribution < -0.4 is 0 Å². The lowest BCUT2D eigenvalue weighted by atomic mass is 10.1. The summed E-state index contributed by atoms with van der Waals surface area (Å²) in [6.07, 6.45) is 2.13. The molecule has 0 N–H and O–H groups in total. The van der Waals surface area contributed by atoms with Gasteiger partial charge >= 0.3 is 0 Å². The maximum atomic E-state index is 8.35. The second-order valence-electron chi connectivity index (χ2n) is 2.84. The molecule has 1 fully saturated rings. The standard InChI is InChI=1S/C8H13NO2/c1-8(4-2-5-9)10-6-3-7-11-8/h2-4,6-7H2,1H3. The molecule has 1 aliphatic rings. The van der Waals surface area contributed by atoms with E-state index in [1.165, 1.54) is 0 Å². The van der Waals surface area contributed by atoms with Gasteiger partial charge in [-0.3, -0.25) is 0 Å². The monoisotopic (exact) mass is 155 g/mol. The number of nitrogens with zero attached hydrogens (tertiary/aromatic N) is 1. The van der Waals surface area contributed by atoms with Crippen LogP contribution in [0.15, 0.2) is 0 Å². The van der Waals surface area contributed by atoms with Crippen LogP contribution in [0.4, 0.5) is 0 Å². The zero-order chi connectivity index (χ0) is 8.16. The summed E-state index contributed by atoms with van der Waals surface area (Å²) in [5.74, 6) is -0.492. The highest BCUT2D eigenvalue weighted by Gasteiger charge is 2.27. The molecule has 0 saturated carbocycles. The molecule has 11 heavy (non-hydrogen) atoms. The fourth-order valence-electron chi connectivity index (χ4n) is 1.10. The van der Waals surface area contributed by atoms with Crippen LogP contribution in [0, 0.1) is 11.3 Å². The lowest BCUT2D eigenvalue weighted by molar-refractivity contribution is -0.258. The van der Waals surface area contributed by atoms with E-state index in [9.17, 15) is 0 Å². The quantitative estimate of drug-likeness (QED) is 0.606. The number of hydrogen-bond donors (Lipinski definition) is 0. The van der Waals surface area contributed by atoms with Gasteiger partial charge in [-0.05, 0) is 13.3 Å². The minimum atomic E-state index is -0.492. The van der Waals surface area contributed by atoms with E-state index in [2.05, 4.69) is 6.07 Å². The van der Waals surface area contributed by atoms with Gasteiger partial charge in [-0.15, -0.1) is 0 Å². The first kappa shape index (κ1) is 8.51. The van der Waals surface area contributed by atoms with E-state index in [0.29, 0.717) is 12.8 Å². The molecule has 0 aromatic carbocycles. The minimum absolute atomic E-state index is 0.492. The second-order valence-corrected chi connectivity index (χ2v) is 2.84. The largest absolute Gasteiger partial charge is 0.350 e. The molecule has 0 unspecified atom stereocenters. The van der Waals surface area contributed by atoms with E-state index >= 15 is 0 Å². The van der Waals surface area contributed by atoms with Gasteiger partial charge in [0.25, 0.3) is 0 Å². The summed E-state index contributed by atoms with van der Waals surface area (Å²) in [4.78, 5) is 0. The van der Waals surface area contributed by atoms with Crippen molar-refractivity contribution < 1.29 is 9.47 Å². The Hall–Kier alpha value is -0.590. The Kier molecular flexibility index (Phi) is 2.86. The van der Waals surface area contributed by atoms with E-state index in [0.717, 1.165) is 19.6 Å². The van der Waals surface area contributed by atoms with Gasteiger partial charge in [-0.1, -0.05) is 0 Å². The van der Waals surface area contributed by atoms with Crippen molar-refractivity contribution in [3.8, 4) is 6.07 Å². The smallest absolute Gasteiger partial charge is 0.166 e. The third kappa shape index (κ3) is 2.49. The van der Waals surface area contributed by atoms with Crippen LogP contribution >= 0.6 is 0 Å². The van der Waals surface area contributed by atoms with Crippen molar-refractivity contribution in [1.29, 1.82) is 5.26 Å². The van der Waals surface area contributed by atoms with Crippen LogP contribution in [0.3, 0.4) is 0 Å². The Labute approximate surface area is 66.9 Å². The summed E-state index contributed by atoms with van der Waals surface area (Å²) < 4.78 is 10.8. The first-order valence-electron chi connectivity index (χ1n) is 3.92. The highest BCUT2D eigenvalue weighted by atomic mass is 16.7. The Bertz CT molecular complexity index is 156. The van der Waals surface area contributed by atoms with E-state index in [-0.39, 0.29) is 0 Å². The summed E-state index contributed by atoms with van der Waals surface area (Å²) >= 11 is 0. The average molecular weight is 155 g/mol. The molecule has 0 atom stereocenters. The van der Waals surface area contributed by atoms with Crippen molar-refractivity contribution >= 4 is 0 Å². The topological polar surface area (TPSA) is 42.2 Å². The molecule has 0 aromatic heterocycles. The predicted octanol–water partition coefficient (Wildman–Crippen LogP) is 1.44. The van der Waals surface area contributed by atoms with Gasteiger partial charge in [0.1, 0.15) is 0 Å². The van der Waals surface area contributed by atoms with Crippen LogP contribution in [0.5, 0.6) is 0 Å². The Morgan fingerprint density at radius 3 is 2.64 bits per heavy atom. The zero-order valence-electron chi connectivity index (χ0n) is 6.80. The van der Waals surface area contributed by atoms with Gasteiger partial charge in [0.05, 0.1) is 19.3 Å². The summed E-state index contributed by atoms with van der Waals surface area (Å²) in [6, 6.07) is 2.08. The molecular weight excluding hydrogens is 142 g/mol. The van der Waals surface area contributed by atoms with Crippen LogP contribution in [-0.4, -0.2) is 19.0 Å². The molecule has 0 aliphatic carbocycles. The van der Waals surface area contributed by atoms with Crippen LogP contribution in [0.2, 0.25) is 0 Å². The molecule has 62 valence electrons. The van der Waals surface area contributed by atoms with Gasteiger partial charge < -0.3 is 9.47 Å². The average Bonchev–Trinajstić information content (AvgIpc) is 2.03. The summed E-state index contributed by atoms with van der Waals surface area (Å²) in [5.41, 5.74) is 0. The fraction of sp³-hybridized carbons (Fsp3) is 0.875. The third-order valence-corrected chi connectivity index (χ3v) is 1.79. The molecule has 0 amide bonds. The van der Waals surface area contributed by atoms with Crippen molar-refractivity contribution in [2.24, 2.45) is 0 Å². The molecule has 1 aliphatic heterocycles. The lowest BCUT2D eigenvalue weighted by Gasteiger charge is -2.33. The van der Waals surface area contributed by atoms with Crippen LogP contribution in [0.1, 0.15) is 26.2 Å². The highest BCUT2D eigenvalue weighted by molar-refractivity contribution is 4.76. The molecule has 3 heteroatoms. The predicted molar refractivity (Wildman–Crippen MR) is 39.8 cm³/mol. The maximum absolute atomic E-state index is 8.35. The molecule has 1 heterocycles. The lowest BCUT2D eigenvalue weighted by Crippen LogP contribution is -2.37. The van der Waals surface area contributed by atoms with Gasteiger partial charge in [0, 0.05) is 12.8 Å². The summed E-state index contributed by atoms with van der Waals surface area (Å²) in [6.45, 7) is 3.40. The van der Waals surface area contributed by atoms with E-state index in [4.69, 9.17) is 14.7 Å². The molecule has 1 rings (SSSR count). The second kappa shape index (κ2) is 3.70. The Morgan fingerprint density at radius 1 is 1.45 bits per heavy atom. The minimum Gasteiger partial charge on any atom is -0.350 e. The van der Waals surface area contributed by atoms with Crippen molar-refractivity contribution in [2.75, 3.05) is 13.2 Å². The summed E-state index contributed by atoms with van der Waals surface area (Å²) in [5, 5.41) is 8.35. The van der Waals surface area contributed by atoms with E-state index in [1.807, 2.05) is 6.92 Å². The number of ether oxygens (including phenoxy) is 2. The van der Waals surface area contributed by atoms with Crippen LogP contribution in [-0.2, 0) is 9.47 Å². The first-order chi connectivity index (χ1) is 5.27. The fourth-order valence-corrected chi connectivity index (χ4v) is 1.10. The molecule has 1 saturated heterocycles. The SMILES string of the molecule is CC1(CCC#N)OCCCO1. The molecular formula is C8H13NO2. The summed E-state index contributed by atoms with van der Waals surface area (Å²) in [7, 11) is 0. The maximum Gasteiger partial charge on any atom is 0.166 e. The van der Waals surface area contributed by atoms with E-state index < -0.39 is 5.79 Å².